The van der Waals surface area contributed by atoms with Crippen LogP contribution in [0.5, 0.6) is 0 Å². The molecule has 1 rings (SSSR count). The fourth-order valence-corrected chi connectivity index (χ4v) is 1.39. The van der Waals surface area contributed by atoms with Gasteiger partial charge in [-0.3, -0.25) is 4.79 Å². The molecule has 0 aliphatic heterocycles. The van der Waals surface area contributed by atoms with E-state index in [2.05, 4.69) is 15.9 Å². The number of carboxylic acids is 1. The molecule has 0 amide bonds. The minimum absolute atomic E-state index is 0.0696. The maximum Gasteiger partial charge on any atom is 0.307 e. The van der Waals surface area contributed by atoms with Crippen LogP contribution in [0.15, 0.2) is 30.3 Å². The molecule has 2 nitrogen and oxygen atoms in total. The minimum atomic E-state index is -0.807. The number of rotatable bonds is 4. The van der Waals surface area contributed by atoms with Crippen molar-refractivity contribution in [3.63, 3.8) is 0 Å². The van der Waals surface area contributed by atoms with Crippen molar-refractivity contribution in [3.8, 4) is 0 Å². The van der Waals surface area contributed by atoms with Gasteiger partial charge in [-0.2, -0.15) is 0 Å². The van der Waals surface area contributed by atoms with E-state index in [1.54, 1.807) is 6.08 Å². The van der Waals surface area contributed by atoms with Crippen LogP contribution in [0.2, 0.25) is 0 Å². The van der Waals surface area contributed by atoms with Gasteiger partial charge in [0.2, 0.25) is 0 Å². The van der Waals surface area contributed by atoms with Gasteiger partial charge in [-0.15, -0.1) is 0 Å². The van der Waals surface area contributed by atoms with E-state index in [1.165, 1.54) is 5.56 Å². The van der Waals surface area contributed by atoms with E-state index in [1.807, 2.05) is 30.3 Å². The smallest absolute Gasteiger partial charge is 0.307 e. The average Bonchev–Trinajstić information content (AvgIpc) is 2.18. The molecule has 0 aliphatic carbocycles. The molecule has 14 heavy (non-hydrogen) atoms. The Balaban J connectivity index is 2.59. The van der Waals surface area contributed by atoms with Crippen LogP contribution in [-0.2, 0) is 10.1 Å². The fourth-order valence-electron chi connectivity index (χ4n) is 1.01. The molecule has 0 saturated carbocycles. The van der Waals surface area contributed by atoms with E-state index in [0.29, 0.717) is 0 Å². The molecular weight excluding hydrogens is 244 g/mol. The Morgan fingerprint density at radius 3 is 2.50 bits per heavy atom. The summed E-state index contributed by atoms with van der Waals surface area (Å²) in [5, 5.41) is 9.26. The molecule has 74 valence electrons. The summed E-state index contributed by atoms with van der Waals surface area (Å²) >= 11 is 3.36. The molecule has 0 bridgehead atoms. The maximum atomic E-state index is 10.2. The van der Waals surface area contributed by atoms with Crippen molar-refractivity contribution in [1.82, 2.24) is 0 Å². The average molecular weight is 255 g/mol. The Hall–Kier alpha value is -1.09. The molecular formula is C11H11BrO2. The third-order valence-corrected chi connectivity index (χ3v) is 2.38. The molecule has 0 spiro atoms. The van der Waals surface area contributed by atoms with Crippen LogP contribution in [0.25, 0.3) is 6.08 Å². The van der Waals surface area contributed by atoms with Crippen LogP contribution >= 0.6 is 15.9 Å². The van der Waals surface area contributed by atoms with E-state index in [9.17, 15) is 4.79 Å². The molecule has 1 N–H and O–H groups in total. The normalized spacial score (nSPS) is 10.6. The zero-order chi connectivity index (χ0) is 10.4. The summed E-state index contributed by atoms with van der Waals surface area (Å²) in [6.45, 7) is 0. The van der Waals surface area contributed by atoms with Gasteiger partial charge in [0, 0.05) is 5.33 Å². The number of carboxylic acid groups (broad SMARTS) is 1. The standard InChI is InChI=1S/C11H11BrO2/c12-8-10-6-4-9(5-7-10)2-1-3-11(13)14/h1-2,4-7H,3,8H2,(H,13,14). The molecule has 0 heterocycles. The van der Waals surface area contributed by atoms with Crippen molar-refractivity contribution in [2.75, 3.05) is 0 Å². The van der Waals surface area contributed by atoms with Gasteiger partial charge in [0.25, 0.3) is 0 Å². The Labute approximate surface area is 91.4 Å². The van der Waals surface area contributed by atoms with E-state index < -0.39 is 5.97 Å². The summed E-state index contributed by atoms with van der Waals surface area (Å²) in [6.07, 6.45) is 3.53. The number of benzene rings is 1. The first-order valence-corrected chi connectivity index (χ1v) is 5.38. The molecule has 0 aromatic heterocycles. The van der Waals surface area contributed by atoms with Crippen LogP contribution < -0.4 is 0 Å². The molecule has 0 fully saturated rings. The van der Waals surface area contributed by atoms with Crippen LogP contribution in [0.1, 0.15) is 17.5 Å². The van der Waals surface area contributed by atoms with Crippen molar-refractivity contribution in [3.05, 3.63) is 41.5 Å². The highest BCUT2D eigenvalue weighted by molar-refractivity contribution is 9.08. The highest BCUT2D eigenvalue weighted by Gasteiger charge is 1.91. The fraction of sp³-hybridized carbons (Fsp3) is 0.182. The molecule has 1 aromatic rings. The summed E-state index contributed by atoms with van der Waals surface area (Å²) in [5.41, 5.74) is 2.23. The first-order valence-electron chi connectivity index (χ1n) is 4.25. The van der Waals surface area contributed by atoms with Crippen LogP contribution in [0.4, 0.5) is 0 Å². The van der Waals surface area contributed by atoms with Crippen molar-refractivity contribution >= 4 is 28.0 Å². The van der Waals surface area contributed by atoms with Gasteiger partial charge in [0.1, 0.15) is 0 Å². The van der Waals surface area contributed by atoms with Crippen molar-refractivity contribution in [1.29, 1.82) is 0 Å². The quantitative estimate of drug-likeness (QED) is 0.839. The van der Waals surface area contributed by atoms with Crippen LogP contribution in [-0.4, -0.2) is 11.1 Å². The lowest BCUT2D eigenvalue weighted by Gasteiger charge is -1.95. The first-order chi connectivity index (χ1) is 6.72. The van der Waals surface area contributed by atoms with E-state index in [4.69, 9.17) is 5.11 Å². The van der Waals surface area contributed by atoms with E-state index in [0.717, 1.165) is 10.9 Å². The van der Waals surface area contributed by atoms with Gasteiger partial charge in [-0.25, -0.2) is 0 Å². The Kier molecular flexibility index (Phi) is 4.40. The van der Waals surface area contributed by atoms with Crippen molar-refractivity contribution in [2.45, 2.75) is 11.8 Å². The highest BCUT2D eigenvalue weighted by atomic mass is 79.9. The monoisotopic (exact) mass is 254 g/mol. The molecule has 3 heteroatoms. The largest absolute Gasteiger partial charge is 0.481 e. The number of hydrogen-bond donors (Lipinski definition) is 1. The third-order valence-electron chi connectivity index (χ3n) is 1.74. The SMILES string of the molecule is O=C(O)CC=Cc1ccc(CBr)cc1. The second-order valence-electron chi connectivity index (χ2n) is 2.88. The van der Waals surface area contributed by atoms with Gasteiger partial charge < -0.3 is 5.11 Å². The molecule has 0 unspecified atom stereocenters. The summed E-state index contributed by atoms with van der Waals surface area (Å²) < 4.78 is 0. The third kappa shape index (κ3) is 3.75. The molecule has 0 atom stereocenters. The first kappa shape index (κ1) is 11.0. The van der Waals surface area contributed by atoms with Gasteiger partial charge in [-0.05, 0) is 11.1 Å². The topological polar surface area (TPSA) is 37.3 Å². The maximum absolute atomic E-state index is 10.2. The zero-order valence-electron chi connectivity index (χ0n) is 7.61. The lowest BCUT2D eigenvalue weighted by Crippen LogP contribution is -1.89. The van der Waals surface area contributed by atoms with Gasteiger partial charge in [-0.1, -0.05) is 52.3 Å². The Morgan fingerprint density at radius 2 is 2.00 bits per heavy atom. The summed E-state index contributed by atoms with van der Waals surface area (Å²) in [6, 6.07) is 7.95. The summed E-state index contributed by atoms with van der Waals surface area (Å²) in [4.78, 5) is 10.2. The second kappa shape index (κ2) is 5.60. The van der Waals surface area contributed by atoms with E-state index in [-0.39, 0.29) is 6.42 Å². The Bertz CT molecular complexity index is 328. The number of carbonyl (C=O) groups is 1. The number of aliphatic carboxylic acids is 1. The van der Waals surface area contributed by atoms with Crippen molar-refractivity contribution in [2.24, 2.45) is 0 Å². The lowest BCUT2D eigenvalue weighted by molar-refractivity contribution is -0.135. The number of alkyl halides is 1. The lowest BCUT2D eigenvalue weighted by atomic mass is 10.1. The summed E-state index contributed by atoms with van der Waals surface area (Å²) in [5.74, 6) is -0.807. The van der Waals surface area contributed by atoms with Gasteiger partial charge in [0.05, 0.1) is 6.42 Å². The zero-order valence-corrected chi connectivity index (χ0v) is 9.20. The predicted molar refractivity (Wildman–Crippen MR) is 60.4 cm³/mol. The van der Waals surface area contributed by atoms with Gasteiger partial charge >= 0.3 is 5.97 Å². The molecule has 0 aliphatic rings. The summed E-state index contributed by atoms with van der Waals surface area (Å²) in [7, 11) is 0. The number of halogens is 1. The van der Waals surface area contributed by atoms with Crippen LogP contribution in [0, 0.1) is 0 Å². The molecule has 0 saturated heterocycles. The predicted octanol–water partition coefficient (Wildman–Crippen LogP) is 3.07. The highest BCUT2D eigenvalue weighted by Crippen LogP contribution is 2.09. The van der Waals surface area contributed by atoms with E-state index >= 15 is 0 Å². The molecule has 0 radical (unpaired) electrons. The Morgan fingerprint density at radius 1 is 1.36 bits per heavy atom. The van der Waals surface area contributed by atoms with Gasteiger partial charge in [0.15, 0.2) is 0 Å². The molecule has 1 aromatic carbocycles. The minimum Gasteiger partial charge on any atom is -0.481 e. The van der Waals surface area contributed by atoms with Crippen molar-refractivity contribution < 1.29 is 9.90 Å². The van der Waals surface area contributed by atoms with Crippen LogP contribution in [0.3, 0.4) is 0 Å². The number of hydrogen-bond acceptors (Lipinski definition) is 1. The second-order valence-corrected chi connectivity index (χ2v) is 3.44.